The van der Waals surface area contributed by atoms with Gasteiger partial charge in [0.2, 0.25) is 5.88 Å². The minimum Gasteiger partial charge on any atom is -0.492 e. The van der Waals surface area contributed by atoms with Gasteiger partial charge in [-0.1, -0.05) is 11.6 Å². The van der Waals surface area contributed by atoms with Crippen LogP contribution in [0.2, 0.25) is 5.02 Å². The number of nitrogens with zero attached hydrogens (tertiary/aromatic N) is 1. The molecule has 0 unspecified atom stereocenters. The molecule has 1 rings (SSSR count). The molecule has 0 aromatic carbocycles. The van der Waals surface area contributed by atoms with Crippen molar-refractivity contribution < 1.29 is 14.6 Å². The Morgan fingerprint density at radius 2 is 2.40 bits per heavy atom. The number of aromatic nitrogens is 1. The second kappa shape index (κ2) is 4.84. The summed E-state index contributed by atoms with van der Waals surface area (Å²) < 4.78 is 4.81. The van der Waals surface area contributed by atoms with E-state index in [1.165, 1.54) is 6.07 Å². The number of pyridine rings is 1. The molecule has 0 spiro atoms. The molecular formula is C9H11ClN2O3. The maximum Gasteiger partial charge on any atom is 0.341 e. The summed E-state index contributed by atoms with van der Waals surface area (Å²) in [5.41, 5.74) is 0.196. The molecule has 0 atom stereocenters. The van der Waals surface area contributed by atoms with Gasteiger partial charge in [-0.15, -0.1) is 0 Å². The minimum absolute atomic E-state index is 0.0112. The van der Waals surface area contributed by atoms with Crippen LogP contribution < -0.4 is 5.32 Å². The van der Waals surface area contributed by atoms with E-state index in [0.717, 1.165) is 0 Å². The van der Waals surface area contributed by atoms with Crippen LogP contribution in [0.5, 0.6) is 5.88 Å². The summed E-state index contributed by atoms with van der Waals surface area (Å²) in [6.07, 6.45) is 0. The summed E-state index contributed by atoms with van der Waals surface area (Å²) in [6.45, 7) is 1.97. The summed E-state index contributed by atoms with van der Waals surface area (Å²) in [5, 5.41) is 11.9. The molecule has 1 heterocycles. The molecule has 1 aromatic heterocycles. The van der Waals surface area contributed by atoms with E-state index in [9.17, 15) is 9.90 Å². The highest BCUT2D eigenvalue weighted by molar-refractivity contribution is 6.32. The van der Waals surface area contributed by atoms with Crippen LogP contribution in [-0.4, -0.2) is 29.7 Å². The molecule has 0 radical (unpaired) electrons. The Morgan fingerprint density at radius 1 is 1.73 bits per heavy atom. The third-order valence-corrected chi connectivity index (χ3v) is 1.97. The van der Waals surface area contributed by atoms with Gasteiger partial charge < -0.3 is 15.2 Å². The maximum atomic E-state index is 11.4. The lowest BCUT2D eigenvalue weighted by atomic mass is 10.2. The fraction of sp³-hybridized carbons (Fsp3) is 0.333. The first-order valence-electron chi connectivity index (χ1n) is 4.34. The van der Waals surface area contributed by atoms with Crippen molar-refractivity contribution in [3.63, 3.8) is 0 Å². The van der Waals surface area contributed by atoms with Gasteiger partial charge in [-0.2, -0.15) is 4.98 Å². The van der Waals surface area contributed by atoms with E-state index in [1.807, 2.05) is 0 Å². The zero-order valence-corrected chi connectivity index (χ0v) is 9.13. The summed E-state index contributed by atoms with van der Waals surface area (Å²) in [6, 6.07) is 1.31. The van der Waals surface area contributed by atoms with Crippen LogP contribution in [0, 0.1) is 0 Å². The molecule has 15 heavy (non-hydrogen) atoms. The molecular weight excluding hydrogens is 220 g/mol. The summed E-state index contributed by atoms with van der Waals surface area (Å²) in [5.74, 6) is -0.624. The van der Waals surface area contributed by atoms with Gasteiger partial charge in [0.05, 0.1) is 6.61 Å². The van der Waals surface area contributed by atoms with Crippen LogP contribution in [0.25, 0.3) is 0 Å². The Balaban J connectivity index is 3.15. The average Bonchev–Trinajstić information content (AvgIpc) is 2.21. The number of anilines is 1. The highest BCUT2D eigenvalue weighted by atomic mass is 35.5. The lowest BCUT2D eigenvalue weighted by Crippen LogP contribution is -2.09. The minimum atomic E-state index is -0.531. The number of rotatable bonds is 3. The number of hydrogen-bond acceptors (Lipinski definition) is 5. The summed E-state index contributed by atoms with van der Waals surface area (Å²) >= 11 is 5.64. The first-order chi connectivity index (χ1) is 7.10. The number of ether oxygens (including phenoxy) is 1. The Kier molecular flexibility index (Phi) is 3.74. The van der Waals surface area contributed by atoms with Crippen molar-refractivity contribution in [2.75, 3.05) is 19.0 Å². The monoisotopic (exact) mass is 230 g/mol. The highest BCUT2D eigenvalue weighted by Crippen LogP contribution is 2.26. The molecule has 0 aliphatic carbocycles. The fourth-order valence-electron chi connectivity index (χ4n) is 1.03. The second-order valence-corrected chi connectivity index (χ2v) is 3.07. The van der Waals surface area contributed by atoms with Crippen molar-refractivity contribution in [3.8, 4) is 5.88 Å². The van der Waals surface area contributed by atoms with Crippen molar-refractivity contribution in [1.29, 1.82) is 0 Å². The Morgan fingerprint density at radius 3 is 2.93 bits per heavy atom. The lowest BCUT2D eigenvalue weighted by Gasteiger charge is -2.08. The first kappa shape index (κ1) is 11.6. The lowest BCUT2D eigenvalue weighted by molar-refractivity contribution is 0.0527. The van der Waals surface area contributed by atoms with Crippen LogP contribution in [0.1, 0.15) is 17.3 Å². The van der Waals surface area contributed by atoms with E-state index in [-0.39, 0.29) is 28.9 Å². The van der Waals surface area contributed by atoms with Crippen molar-refractivity contribution in [1.82, 2.24) is 4.98 Å². The largest absolute Gasteiger partial charge is 0.492 e. The van der Waals surface area contributed by atoms with Gasteiger partial charge >= 0.3 is 5.97 Å². The summed E-state index contributed by atoms with van der Waals surface area (Å²) in [4.78, 5) is 15.2. The van der Waals surface area contributed by atoms with E-state index >= 15 is 0 Å². The Hall–Kier alpha value is -1.49. The van der Waals surface area contributed by atoms with E-state index in [1.54, 1.807) is 14.0 Å². The SMILES string of the molecule is CCOC(=O)c1cc(Cl)c(O)nc1NC. The highest BCUT2D eigenvalue weighted by Gasteiger charge is 2.16. The van der Waals surface area contributed by atoms with Gasteiger partial charge in [0.1, 0.15) is 16.4 Å². The average molecular weight is 231 g/mol. The molecule has 0 bridgehead atoms. The number of nitrogens with one attached hydrogen (secondary N) is 1. The Bertz CT molecular complexity index is 382. The molecule has 0 saturated heterocycles. The molecule has 1 aromatic rings. The quantitative estimate of drug-likeness (QED) is 0.773. The fourth-order valence-corrected chi connectivity index (χ4v) is 1.19. The zero-order valence-electron chi connectivity index (χ0n) is 8.37. The van der Waals surface area contributed by atoms with Gasteiger partial charge in [0, 0.05) is 7.05 Å². The third kappa shape index (κ3) is 2.50. The van der Waals surface area contributed by atoms with E-state index in [2.05, 4.69) is 10.3 Å². The third-order valence-electron chi connectivity index (χ3n) is 1.69. The topological polar surface area (TPSA) is 71.5 Å². The van der Waals surface area contributed by atoms with Crippen molar-refractivity contribution in [3.05, 3.63) is 16.7 Å². The number of carbonyl (C=O) groups excluding carboxylic acids is 1. The van der Waals surface area contributed by atoms with E-state index in [4.69, 9.17) is 16.3 Å². The molecule has 2 N–H and O–H groups in total. The van der Waals surface area contributed by atoms with E-state index < -0.39 is 5.97 Å². The normalized spacial score (nSPS) is 9.80. The molecule has 82 valence electrons. The van der Waals surface area contributed by atoms with Crippen LogP contribution in [-0.2, 0) is 4.74 Å². The summed E-state index contributed by atoms with van der Waals surface area (Å²) in [7, 11) is 1.58. The van der Waals surface area contributed by atoms with Crippen LogP contribution in [0.4, 0.5) is 5.82 Å². The van der Waals surface area contributed by atoms with Crippen molar-refractivity contribution in [2.45, 2.75) is 6.92 Å². The number of esters is 1. The van der Waals surface area contributed by atoms with Gasteiger partial charge in [-0.25, -0.2) is 4.79 Å². The van der Waals surface area contributed by atoms with Crippen molar-refractivity contribution >= 4 is 23.4 Å². The maximum absolute atomic E-state index is 11.4. The van der Waals surface area contributed by atoms with E-state index in [0.29, 0.717) is 0 Å². The second-order valence-electron chi connectivity index (χ2n) is 2.66. The van der Waals surface area contributed by atoms with Gasteiger partial charge in [0.15, 0.2) is 0 Å². The van der Waals surface area contributed by atoms with Gasteiger partial charge in [-0.3, -0.25) is 0 Å². The standard InChI is InChI=1S/C9H11ClN2O3/c1-3-15-9(14)5-4-6(10)8(13)12-7(5)11-2/h4H,3H2,1-2H3,(H2,11,12,13). The predicted octanol–water partition coefficient (Wildman–Crippen LogP) is 1.66. The zero-order chi connectivity index (χ0) is 11.4. The predicted molar refractivity (Wildman–Crippen MR) is 56.4 cm³/mol. The van der Waals surface area contributed by atoms with Crippen LogP contribution in [0.3, 0.4) is 0 Å². The molecule has 0 amide bonds. The smallest absolute Gasteiger partial charge is 0.341 e. The first-order valence-corrected chi connectivity index (χ1v) is 4.72. The number of halogens is 1. The molecule has 6 heteroatoms. The molecule has 0 saturated carbocycles. The van der Waals surface area contributed by atoms with Crippen molar-refractivity contribution in [2.24, 2.45) is 0 Å². The molecule has 0 aliphatic heterocycles. The molecule has 0 aliphatic rings. The van der Waals surface area contributed by atoms with Crippen LogP contribution >= 0.6 is 11.6 Å². The van der Waals surface area contributed by atoms with Gasteiger partial charge in [0.25, 0.3) is 0 Å². The van der Waals surface area contributed by atoms with Crippen LogP contribution in [0.15, 0.2) is 6.07 Å². The van der Waals surface area contributed by atoms with Gasteiger partial charge in [-0.05, 0) is 13.0 Å². The molecule has 5 nitrogen and oxygen atoms in total. The number of carbonyl (C=O) groups is 1. The number of hydrogen-bond donors (Lipinski definition) is 2. The Labute approximate surface area is 92.0 Å². The number of aromatic hydroxyl groups is 1. The molecule has 0 fully saturated rings.